The first-order valence-corrected chi connectivity index (χ1v) is 17.2. The molecule has 9 nitrogen and oxygen atoms in total. The smallest absolute Gasteiger partial charge is 0.390 e. The maximum Gasteiger partial charge on any atom is 0.401 e. The van der Waals surface area contributed by atoms with E-state index in [4.69, 9.17) is 6.42 Å². The summed E-state index contributed by atoms with van der Waals surface area (Å²) in [7, 11) is 2.80. The molecule has 1 aromatic carbocycles. The number of nitrogens with zero attached hydrogens (tertiary/aromatic N) is 2. The molecule has 0 aromatic heterocycles. The third kappa shape index (κ3) is 14.1. The van der Waals surface area contributed by atoms with Crippen LogP contribution in [0.3, 0.4) is 0 Å². The van der Waals surface area contributed by atoms with E-state index in [1.807, 2.05) is 18.2 Å². The molecule has 3 amide bonds. The van der Waals surface area contributed by atoms with Crippen LogP contribution in [0.1, 0.15) is 76.2 Å². The molecular weight excluding hydrogens is 625 g/mol. The number of likely N-dealkylation sites (N-methyl/N-ethyl adjacent to an activating group) is 2. The summed E-state index contributed by atoms with van der Waals surface area (Å²) < 4.78 is 38.2. The van der Waals surface area contributed by atoms with Gasteiger partial charge in [-0.3, -0.25) is 19.3 Å². The number of hydrogen-bond donors (Lipinski definition) is 4. The molecule has 2 saturated carbocycles. The summed E-state index contributed by atoms with van der Waals surface area (Å²) >= 11 is 0. The average molecular weight is 679 g/mol. The molecule has 3 rings (SSSR count). The van der Waals surface area contributed by atoms with E-state index in [1.54, 1.807) is 12.1 Å². The summed E-state index contributed by atoms with van der Waals surface area (Å²) in [5.74, 6) is 0.640. The summed E-state index contributed by atoms with van der Waals surface area (Å²) in [5.41, 5.74) is 0.788. The first-order chi connectivity index (χ1) is 22.8. The van der Waals surface area contributed by atoms with Crippen LogP contribution in [0.25, 0.3) is 0 Å². The Labute approximate surface area is 283 Å². The van der Waals surface area contributed by atoms with Crippen molar-refractivity contribution in [3.05, 3.63) is 35.9 Å². The van der Waals surface area contributed by atoms with E-state index in [2.05, 4.69) is 16.6 Å². The topological polar surface area (TPSA) is 122 Å². The van der Waals surface area contributed by atoms with Gasteiger partial charge in [0.2, 0.25) is 17.7 Å². The number of amides is 3. The average Bonchev–Trinajstić information content (AvgIpc) is 3.86. The Hall–Kier alpha value is -3.14. The lowest BCUT2D eigenvalue weighted by molar-refractivity contribution is -0.144. The molecule has 4 N–H and O–H groups in total. The Balaban J connectivity index is 1.70. The van der Waals surface area contributed by atoms with Gasteiger partial charge < -0.3 is 25.7 Å². The number of nitrogens with one attached hydrogen (secondary N) is 2. The van der Waals surface area contributed by atoms with E-state index in [0.29, 0.717) is 24.7 Å². The van der Waals surface area contributed by atoms with Gasteiger partial charge >= 0.3 is 6.18 Å². The molecule has 0 aliphatic heterocycles. The van der Waals surface area contributed by atoms with Crippen LogP contribution >= 0.6 is 0 Å². The summed E-state index contributed by atoms with van der Waals surface area (Å²) in [6, 6.07) is 7.19. The number of terminal acetylenes is 1. The molecule has 0 radical (unpaired) electrons. The number of aliphatic hydroxyl groups excluding tert-OH is 2. The highest BCUT2D eigenvalue weighted by atomic mass is 19.4. The number of rotatable bonds is 19. The van der Waals surface area contributed by atoms with E-state index >= 15 is 0 Å². The molecule has 1 aromatic rings. The zero-order valence-corrected chi connectivity index (χ0v) is 28.3. The van der Waals surface area contributed by atoms with Gasteiger partial charge in [0.25, 0.3) is 0 Å². The van der Waals surface area contributed by atoms with Crippen LogP contribution in [0.2, 0.25) is 0 Å². The lowest BCUT2D eigenvalue weighted by Gasteiger charge is -2.33. The minimum atomic E-state index is -4.36. The van der Waals surface area contributed by atoms with Crippen molar-refractivity contribution in [2.45, 2.75) is 108 Å². The summed E-state index contributed by atoms with van der Waals surface area (Å²) in [6.07, 6.45) is 7.13. The number of carbonyl (C=O) groups excluding carboxylic acids is 3. The van der Waals surface area contributed by atoms with E-state index in [1.165, 1.54) is 19.0 Å². The van der Waals surface area contributed by atoms with E-state index in [9.17, 15) is 37.8 Å². The molecule has 48 heavy (non-hydrogen) atoms. The maximum absolute atomic E-state index is 13.7. The van der Waals surface area contributed by atoms with Crippen molar-refractivity contribution < 1.29 is 37.8 Å². The monoisotopic (exact) mass is 678 g/mol. The Morgan fingerprint density at radius 1 is 0.938 bits per heavy atom. The Morgan fingerprint density at radius 2 is 1.58 bits per heavy atom. The minimum absolute atomic E-state index is 0.00899. The minimum Gasteiger partial charge on any atom is -0.390 e. The van der Waals surface area contributed by atoms with Crippen LogP contribution in [0.15, 0.2) is 30.3 Å². The largest absolute Gasteiger partial charge is 0.401 e. The van der Waals surface area contributed by atoms with Crippen molar-refractivity contribution in [2.75, 3.05) is 33.7 Å². The fourth-order valence-corrected chi connectivity index (χ4v) is 6.42. The number of benzene rings is 1. The van der Waals surface area contributed by atoms with Gasteiger partial charge in [-0.15, -0.1) is 12.3 Å². The molecule has 0 unspecified atom stereocenters. The van der Waals surface area contributed by atoms with Gasteiger partial charge in [0.15, 0.2) is 0 Å². The maximum atomic E-state index is 13.7. The highest BCUT2D eigenvalue weighted by Crippen LogP contribution is 2.35. The first-order valence-electron chi connectivity index (χ1n) is 17.2. The molecule has 0 heterocycles. The Kier molecular flexibility index (Phi) is 15.7. The van der Waals surface area contributed by atoms with Crippen LogP contribution in [0, 0.1) is 30.1 Å². The van der Waals surface area contributed by atoms with Crippen molar-refractivity contribution in [1.82, 2.24) is 20.4 Å². The molecule has 2 aliphatic rings. The second kappa shape index (κ2) is 19.2. The summed E-state index contributed by atoms with van der Waals surface area (Å²) in [5, 5.41) is 27.6. The number of carbonyl (C=O) groups is 3. The highest BCUT2D eigenvalue weighted by molar-refractivity contribution is 5.91. The molecule has 12 heteroatoms. The van der Waals surface area contributed by atoms with Crippen molar-refractivity contribution in [3.63, 3.8) is 0 Å². The molecule has 0 spiro atoms. The molecular formula is C36H53F3N4O5. The summed E-state index contributed by atoms with van der Waals surface area (Å²) in [6.45, 7) is -1.08. The lowest BCUT2D eigenvalue weighted by Crippen LogP contribution is -2.56. The van der Waals surface area contributed by atoms with Crippen LogP contribution in [0.4, 0.5) is 13.2 Å². The van der Waals surface area contributed by atoms with Crippen LogP contribution in [0.5, 0.6) is 0 Å². The number of hydrogen-bond acceptors (Lipinski definition) is 6. The van der Waals surface area contributed by atoms with E-state index in [-0.39, 0.29) is 32.4 Å². The molecule has 5 atom stereocenters. The van der Waals surface area contributed by atoms with Gasteiger partial charge in [0, 0.05) is 33.0 Å². The molecule has 0 saturated heterocycles. The van der Waals surface area contributed by atoms with Gasteiger partial charge in [-0.05, 0) is 43.7 Å². The lowest BCUT2D eigenvalue weighted by atomic mass is 9.82. The molecule has 2 fully saturated rings. The number of halogens is 3. The predicted molar refractivity (Wildman–Crippen MR) is 177 cm³/mol. The van der Waals surface area contributed by atoms with E-state index in [0.717, 1.165) is 55.4 Å². The third-order valence-corrected chi connectivity index (χ3v) is 9.48. The SMILES string of the molecule is C#CC[C@H](NC(=O)[C@@H](CC(=O)N(C)CCN(C)CC(F)(F)F)Cc1ccccc1)C(=O)N[C@@H](CC1CCCCC1)[C@@H](O)[C@@H](O)CC1CC1. The zero-order chi connectivity index (χ0) is 35.3. The molecule has 0 bridgehead atoms. The first kappa shape index (κ1) is 39.3. The van der Waals surface area contributed by atoms with Gasteiger partial charge in [0.1, 0.15) is 12.1 Å². The molecule has 2 aliphatic carbocycles. The summed E-state index contributed by atoms with van der Waals surface area (Å²) in [4.78, 5) is 43.0. The fourth-order valence-electron chi connectivity index (χ4n) is 6.42. The van der Waals surface area contributed by atoms with Crippen LogP contribution in [-0.2, 0) is 20.8 Å². The number of aliphatic hydroxyl groups is 2. The van der Waals surface area contributed by atoms with E-state index < -0.39 is 60.7 Å². The van der Waals surface area contributed by atoms with Crippen molar-refractivity contribution >= 4 is 17.7 Å². The Morgan fingerprint density at radius 3 is 2.19 bits per heavy atom. The predicted octanol–water partition coefficient (Wildman–Crippen LogP) is 3.67. The highest BCUT2D eigenvalue weighted by Gasteiger charge is 2.36. The fraction of sp³-hybridized carbons (Fsp3) is 0.694. The molecule has 268 valence electrons. The normalized spacial score (nSPS) is 18.6. The Bertz CT molecular complexity index is 1200. The van der Waals surface area contributed by atoms with Crippen molar-refractivity contribution in [1.29, 1.82) is 0 Å². The van der Waals surface area contributed by atoms with Gasteiger partial charge in [0.05, 0.1) is 24.6 Å². The van der Waals surface area contributed by atoms with Gasteiger partial charge in [-0.2, -0.15) is 13.2 Å². The zero-order valence-electron chi connectivity index (χ0n) is 28.3. The second-order valence-corrected chi connectivity index (χ2v) is 13.8. The number of alkyl halides is 3. The van der Waals surface area contributed by atoms with Crippen LogP contribution < -0.4 is 10.6 Å². The third-order valence-electron chi connectivity index (χ3n) is 9.48. The van der Waals surface area contributed by atoms with Gasteiger partial charge in [-0.25, -0.2) is 0 Å². The standard InChI is InChI=1S/C36H53F3N4O5/c1-4-11-29(35(48)41-30(21-26-14-9-6-10-15-26)33(46)31(44)22-27-16-17-27)40-34(47)28(20-25-12-7-5-8-13-25)23-32(45)43(3)19-18-42(2)24-36(37,38)39/h1,5,7-8,12-13,26-31,33,44,46H,6,9-11,14-24H2,2-3H3,(H,40,47)(H,41,48)/t28-,29+,30+,31+,33-/m1/s1. The second-order valence-electron chi connectivity index (χ2n) is 13.8. The van der Waals surface area contributed by atoms with Crippen LogP contribution in [-0.4, -0.2) is 102 Å². The van der Waals surface area contributed by atoms with Crippen molar-refractivity contribution in [2.24, 2.45) is 17.8 Å². The van der Waals surface area contributed by atoms with Crippen molar-refractivity contribution in [3.8, 4) is 12.3 Å². The van der Waals surface area contributed by atoms with Gasteiger partial charge in [-0.1, -0.05) is 75.3 Å². The quantitative estimate of drug-likeness (QED) is 0.166.